The van der Waals surface area contributed by atoms with Crippen molar-refractivity contribution in [1.82, 2.24) is 14.9 Å². The molecule has 0 fully saturated rings. The number of hydrogen-bond acceptors (Lipinski definition) is 2. The molecule has 1 heterocycles. The minimum absolute atomic E-state index is 0.0169. The minimum Gasteiger partial charge on any atom is -0.356 e. The summed E-state index contributed by atoms with van der Waals surface area (Å²) in [4.78, 5) is 24.9. The second-order valence-electron chi connectivity index (χ2n) is 3.91. The van der Waals surface area contributed by atoms with Crippen molar-refractivity contribution < 1.29 is 4.79 Å². The number of H-pyrrole nitrogens is 1. The summed E-state index contributed by atoms with van der Waals surface area (Å²) in [5.41, 5.74) is -0.174. The van der Waals surface area contributed by atoms with Crippen molar-refractivity contribution in [1.29, 1.82) is 0 Å². The van der Waals surface area contributed by atoms with Gasteiger partial charge in [0.25, 0.3) is 0 Å². The molecule has 0 aliphatic heterocycles. The summed E-state index contributed by atoms with van der Waals surface area (Å²) >= 11 is 0. The molecular weight excluding hydrogens is 194 g/mol. The quantitative estimate of drug-likeness (QED) is 0.737. The molecule has 0 unspecified atom stereocenters. The first-order chi connectivity index (χ1) is 7.09. The van der Waals surface area contributed by atoms with Gasteiger partial charge >= 0.3 is 5.69 Å². The first-order valence-electron chi connectivity index (χ1n) is 5.10. The van der Waals surface area contributed by atoms with Gasteiger partial charge in [-0.3, -0.25) is 9.36 Å². The number of nitrogens with zero attached hydrogens (tertiary/aromatic N) is 1. The number of aromatic nitrogens is 2. The number of carbonyl (C=O) groups excluding carboxylic acids is 1. The monoisotopic (exact) mass is 211 g/mol. The van der Waals surface area contributed by atoms with Gasteiger partial charge in [-0.05, 0) is 5.92 Å². The van der Waals surface area contributed by atoms with E-state index in [9.17, 15) is 9.59 Å². The molecule has 0 saturated carbocycles. The van der Waals surface area contributed by atoms with E-state index in [-0.39, 0.29) is 11.6 Å². The van der Waals surface area contributed by atoms with E-state index in [4.69, 9.17) is 0 Å². The van der Waals surface area contributed by atoms with Gasteiger partial charge in [0, 0.05) is 31.9 Å². The first kappa shape index (κ1) is 11.6. The zero-order valence-corrected chi connectivity index (χ0v) is 9.12. The van der Waals surface area contributed by atoms with Crippen LogP contribution in [0.2, 0.25) is 0 Å². The van der Waals surface area contributed by atoms with E-state index >= 15 is 0 Å². The smallest absolute Gasteiger partial charge is 0.325 e. The van der Waals surface area contributed by atoms with Crippen LogP contribution in [-0.2, 0) is 11.3 Å². The number of amides is 1. The van der Waals surface area contributed by atoms with Gasteiger partial charge in [0.05, 0.1) is 0 Å². The Morgan fingerprint density at radius 1 is 1.60 bits per heavy atom. The Bertz CT molecular complexity index is 365. The third-order valence-corrected chi connectivity index (χ3v) is 2.01. The third kappa shape index (κ3) is 4.01. The third-order valence-electron chi connectivity index (χ3n) is 2.01. The van der Waals surface area contributed by atoms with Gasteiger partial charge in [-0.15, -0.1) is 0 Å². The molecule has 2 N–H and O–H groups in total. The fourth-order valence-electron chi connectivity index (χ4n) is 1.15. The van der Waals surface area contributed by atoms with E-state index < -0.39 is 0 Å². The number of hydrogen-bond donors (Lipinski definition) is 2. The van der Waals surface area contributed by atoms with Crippen molar-refractivity contribution in [3.05, 3.63) is 22.9 Å². The van der Waals surface area contributed by atoms with Crippen LogP contribution in [0.4, 0.5) is 0 Å². The predicted molar refractivity (Wildman–Crippen MR) is 57.5 cm³/mol. The van der Waals surface area contributed by atoms with E-state index in [0.29, 0.717) is 25.4 Å². The molecule has 5 nitrogen and oxygen atoms in total. The summed E-state index contributed by atoms with van der Waals surface area (Å²) in [6.07, 6.45) is 3.54. The van der Waals surface area contributed by atoms with E-state index in [1.165, 1.54) is 4.57 Å². The van der Waals surface area contributed by atoms with Gasteiger partial charge in [-0.25, -0.2) is 4.79 Å². The highest BCUT2D eigenvalue weighted by molar-refractivity contribution is 5.75. The minimum atomic E-state index is -0.174. The molecule has 84 valence electrons. The Labute approximate surface area is 88.5 Å². The van der Waals surface area contributed by atoms with Gasteiger partial charge in [0.15, 0.2) is 0 Å². The van der Waals surface area contributed by atoms with Gasteiger partial charge < -0.3 is 10.3 Å². The fourth-order valence-corrected chi connectivity index (χ4v) is 1.15. The Balaban J connectivity index is 2.29. The van der Waals surface area contributed by atoms with Gasteiger partial charge in [-0.2, -0.15) is 0 Å². The summed E-state index contributed by atoms with van der Waals surface area (Å²) in [5, 5.41) is 2.80. The Morgan fingerprint density at radius 3 is 2.87 bits per heavy atom. The van der Waals surface area contributed by atoms with Crippen molar-refractivity contribution in [2.75, 3.05) is 6.54 Å². The van der Waals surface area contributed by atoms with Gasteiger partial charge in [0.1, 0.15) is 0 Å². The highest BCUT2D eigenvalue weighted by atomic mass is 16.2. The molecule has 1 amide bonds. The maximum absolute atomic E-state index is 11.3. The van der Waals surface area contributed by atoms with Crippen LogP contribution in [0, 0.1) is 5.92 Å². The van der Waals surface area contributed by atoms with E-state index in [1.807, 2.05) is 13.8 Å². The van der Waals surface area contributed by atoms with Crippen molar-refractivity contribution in [2.24, 2.45) is 5.92 Å². The molecule has 0 aromatic carbocycles. The lowest BCUT2D eigenvalue weighted by atomic mass is 10.2. The van der Waals surface area contributed by atoms with Crippen LogP contribution in [0.25, 0.3) is 0 Å². The topological polar surface area (TPSA) is 66.9 Å². The van der Waals surface area contributed by atoms with Crippen LogP contribution >= 0.6 is 0 Å². The number of carbonyl (C=O) groups is 1. The Hall–Kier alpha value is -1.52. The number of aryl methyl sites for hydroxylation is 1. The number of aromatic amines is 1. The van der Waals surface area contributed by atoms with Crippen LogP contribution in [-0.4, -0.2) is 22.0 Å². The van der Waals surface area contributed by atoms with Crippen LogP contribution < -0.4 is 11.0 Å². The lowest BCUT2D eigenvalue weighted by Gasteiger charge is -2.07. The van der Waals surface area contributed by atoms with Crippen molar-refractivity contribution in [3.8, 4) is 0 Å². The molecule has 0 bridgehead atoms. The van der Waals surface area contributed by atoms with Crippen LogP contribution in [0.15, 0.2) is 17.2 Å². The standard InChI is InChI=1S/C10H17N3O2/c1-8(2)7-12-9(14)3-5-13-6-4-11-10(13)15/h4,6,8H,3,5,7H2,1-2H3,(H,11,15)(H,12,14). The lowest BCUT2D eigenvalue weighted by molar-refractivity contribution is -0.121. The van der Waals surface area contributed by atoms with Gasteiger partial charge in [0.2, 0.25) is 5.91 Å². The molecule has 0 radical (unpaired) electrons. The van der Waals surface area contributed by atoms with Crippen LogP contribution in [0.3, 0.4) is 0 Å². The molecular formula is C10H17N3O2. The molecule has 1 aromatic rings. The molecule has 1 rings (SSSR count). The first-order valence-corrected chi connectivity index (χ1v) is 5.10. The second kappa shape index (κ2) is 5.38. The zero-order valence-electron chi connectivity index (χ0n) is 9.12. The number of imidazole rings is 1. The molecule has 15 heavy (non-hydrogen) atoms. The molecule has 0 atom stereocenters. The molecule has 1 aromatic heterocycles. The largest absolute Gasteiger partial charge is 0.356 e. The van der Waals surface area contributed by atoms with E-state index in [1.54, 1.807) is 12.4 Å². The average Bonchev–Trinajstić information content (AvgIpc) is 2.58. The average molecular weight is 211 g/mol. The normalized spacial score (nSPS) is 10.6. The van der Waals surface area contributed by atoms with Gasteiger partial charge in [-0.1, -0.05) is 13.8 Å². The molecule has 0 aliphatic carbocycles. The highest BCUT2D eigenvalue weighted by Gasteiger charge is 2.03. The summed E-state index contributed by atoms with van der Waals surface area (Å²) in [6, 6.07) is 0. The molecule has 5 heteroatoms. The Kier molecular flexibility index (Phi) is 4.15. The fraction of sp³-hybridized carbons (Fsp3) is 0.600. The highest BCUT2D eigenvalue weighted by Crippen LogP contribution is 1.90. The summed E-state index contributed by atoms with van der Waals surface area (Å²) in [5.74, 6) is 0.431. The summed E-state index contributed by atoms with van der Waals surface area (Å²) < 4.78 is 1.48. The summed E-state index contributed by atoms with van der Waals surface area (Å²) in [6.45, 7) is 5.18. The SMILES string of the molecule is CC(C)CNC(=O)CCn1cc[nH]c1=O. The van der Waals surface area contributed by atoms with Crippen LogP contribution in [0.5, 0.6) is 0 Å². The molecule has 0 spiro atoms. The zero-order chi connectivity index (χ0) is 11.3. The maximum atomic E-state index is 11.3. The Morgan fingerprint density at radius 2 is 2.33 bits per heavy atom. The molecule has 0 aliphatic rings. The van der Waals surface area contributed by atoms with Crippen molar-refractivity contribution in [2.45, 2.75) is 26.8 Å². The second-order valence-corrected chi connectivity index (χ2v) is 3.91. The van der Waals surface area contributed by atoms with Crippen molar-refractivity contribution >= 4 is 5.91 Å². The molecule has 0 saturated heterocycles. The predicted octanol–water partition coefficient (Wildman–Crippen LogP) is 0.339. The summed E-state index contributed by atoms with van der Waals surface area (Å²) in [7, 11) is 0. The van der Waals surface area contributed by atoms with E-state index in [0.717, 1.165) is 0 Å². The number of rotatable bonds is 5. The maximum Gasteiger partial charge on any atom is 0.325 e. The lowest BCUT2D eigenvalue weighted by Crippen LogP contribution is -2.29. The van der Waals surface area contributed by atoms with Crippen LogP contribution in [0.1, 0.15) is 20.3 Å². The van der Waals surface area contributed by atoms with E-state index in [2.05, 4.69) is 10.3 Å². The van der Waals surface area contributed by atoms with Crippen molar-refractivity contribution in [3.63, 3.8) is 0 Å². The number of nitrogens with one attached hydrogen (secondary N) is 2.